The van der Waals surface area contributed by atoms with E-state index in [1.165, 1.54) is 0 Å². The number of nitrogens with zero attached hydrogens (tertiary/aromatic N) is 1. The van der Waals surface area contributed by atoms with E-state index < -0.39 is 0 Å². The van der Waals surface area contributed by atoms with Gasteiger partial charge in [0, 0.05) is 30.8 Å². The lowest BCUT2D eigenvalue weighted by Gasteiger charge is -2.23. The minimum absolute atomic E-state index is 0.0889. The van der Waals surface area contributed by atoms with E-state index in [2.05, 4.69) is 5.32 Å². The van der Waals surface area contributed by atoms with Gasteiger partial charge < -0.3 is 10.2 Å². The standard InChI is InChI=1S/C20H22N2O2/c1-14-5-3-4-6-18(14)20(24)22(17-11-12-17)13-15-7-9-16(10-8-15)19(23)21-2/h3-10,17H,11-13H2,1-2H3,(H,21,23). The summed E-state index contributed by atoms with van der Waals surface area (Å²) in [6.45, 7) is 2.54. The van der Waals surface area contributed by atoms with Crippen LogP contribution in [0.4, 0.5) is 0 Å². The van der Waals surface area contributed by atoms with Crippen molar-refractivity contribution in [3.63, 3.8) is 0 Å². The fourth-order valence-corrected chi connectivity index (χ4v) is 2.82. The molecule has 0 heterocycles. The molecule has 124 valence electrons. The van der Waals surface area contributed by atoms with Gasteiger partial charge in [0.15, 0.2) is 0 Å². The SMILES string of the molecule is CNC(=O)c1ccc(CN(C(=O)c2ccccc2C)C2CC2)cc1. The second-order valence-electron chi connectivity index (χ2n) is 6.26. The van der Waals surface area contributed by atoms with Gasteiger partial charge in [-0.15, -0.1) is 0 Å². The van der Waals surface area contributed by atoms with E-state index in [1.807, 2.05) is 48.2 Å². The molecule has 1 aliphatic rings. The van der Waals surface area contributed by atoms with Crippen molar-refractivity contribution in [1.29, 1.82) is 0 Å². The highest BCUT2D eigenvalue weighted by atomic mass is 16.2. The van der Waals surface area contributed by atoms with Crippen molar-refractivity contribution in [2.24, 2.45) is 0 Å². The van der Waals surface area contributed by atoms with Crippen LogP contribution in [-0.2, 0) is 6.54 Å². The molecule has 2 amide bonds. The van der Waals surface area contributed by atoms with Crippen molar-refractivity contribution in [2.45, 2.75) is 32.4 Å². The molecule has 24 heavy (non-hydrogen) atoms. The Bertz CT molecular complexity index is 748. The fourth-order valence-electron chi connectivity index (χ4n) is 2.82. The first-order valence-electron chi connectivity index (χ1n) is 8.28. The normalized spacial score (nSPS) is 13.4. The second kappa shape index (κ2) is 6.87. The highest BCUT2D eigenvalue weighted by molar-refractivity contribution is 5.96. The highest BCUT2D eigenvalue weighted by Gasteiger charge is 2.33. The molecule has 0 atom stereocenters. The quantitative estimate of drug-likeness (QED) is 0.919. The molecule has 4 heteroatoms. The molecule has 0 aromatic heterocycles. The Morgan fingerprint density at radius 3 is 2.33 bits per heavy atom. The van der Waals surface area contributed by atoms with Crippen molar-refractivity contribution in [3.8, 4) is 0 Å². The van der Waals surface area contributed by atoms with Crippen molar-refractivity contribution >= 4 is 11.8 Å². The van der Waals surface area contributed by atoms with Crippen LogP contribution in [0, 0.1) is 6.92 Å². The molecule has 1 fully saturated rings. The maximum absolute atomic E-state index is 12.9. The Hall–Kier alpha value is -2.62. The van der Waals surface area contributed by atoms with Gasteiger partial charge in [-0.25, -0.2) is 0 Å². The number of hydrogen-bond acceptors (Lipinski definition) is 2. The van der Waals surface area contributed by atoms with Crippen molar-refractivity contribution in [1.82, 2.24) is 10.2 Å². The highest BCUT2D eigenvalue weighted by Crippen LogP contribution is 2.30. The first kappa shape index (κ1) is 16.2. The number of nitrogens with one attached hydrogen (secondary N) is 1. The Morgan fingerprint density at radius 2 is 1.75 bits per heavy atom. The average Bonchev–Trinajstić information content (AvgIpc) is 3.44. The van der Waals surface area contributed by atoms with E-state index in [9.17, 15) is 9.59 Å². The predicted molar refractivity (Wildman–Crippen MR) is 93.9 cm³/mol. The van der Waals surface area contributed by atoms with Crippen LogP contribution in [0.25, 0.3) is 0 Å². The van der Waals surface area contributed by atoms with Crippen LogP contribution in [0.1, 0.15) is 44.7 Å². The second-order valence-corrected chi connectivity index (χ2v) is 6.26. The molecule has 1 aliphatic carbocycles. The average molecular weight is 322 g/mol. The Balaban J connectivity index is 1.79. The Labute approximate surface area is 142 Å². The zero-order valence-electron chi connectivity index (χ0n) is 14.1. The van der Waals surface area contributed by atoms with Crippen molar-refractivity contribution in [2.75, 3.05) is 7.05 Å². The molecule has 0 spiro atoms. The topological polar surface area (TPSA) is 49.4 Å². The van der Waals surface area contributed by atoms with Gasteiger partial charge in [0.2, 0.25) is 0 Å². The maximum atomic E-state index is 12.9. The predicted octanol–water partition coefficient (Wildman–Crippen LogP) is 3.16. The van der Waals surface area contributed by atoms with Crippen LogP contribution in [0.2, 0.25) is 0 Å². The summed E-state index contributed by atoms with van der Waals surface area (Å²) in [6, 6.07) is 15.5. The zero-order chi connectivity index (χ0) is 17.1. The summed E-state index contributed by atoms with van der Waals surface area (Å²) in [5, 5.41) is 2.61. The molecule has 0 bridgehead atoms. The largest absolute Gasteiger partial charge is 0.355 e. The lowest BCUT2D eigenvalue weighted by Crippen LogP contribution is -2.33. The van der Waals surface area contributed by atoms with E-state index in [4.69, 9.17) is 0 Å². The first-order valence-corrected chi connectivity index (χ1v) is 8.28. The summed E-state index contributed by atoms with van der Waals surface area (Å²) in [7, 11) is 1.62. The molecule has 0 unspecified atom stereocenters. The van der Waals surface area contributed by atoms with Crippen molar-refractivity contribution < 1.29 is 9.59 Å². The van der Waals surface area contributed by atoms with E-state index in [1.54, 1.807) is 19.2 Å². The molecular weight excluding hydrogens is 300 g/mol. The molecule has 0 aliphatic heterocycles. The molecule has 3 rings (SSSR count). The van der Waals surface area contributed by atoms with Gasteiger partial charge in [-0.3, -0.25) is 9.59 Å². The molecule has 1 saturated carbocycles. The van der Waals surface area contributed by atoms with Gasteiger partial charge in [-0.05, 0) is 49.1 Å². The van der Waals surface area contributed by atoms with Crippen LogP contribution in [-0.4, -0.2) is 29.8 Å². The number of rotatable bonds is 5. The van der Waals surface area contributed by atoms with Crippen molar-refractivity contribution in [3.05, 3.63) is 70.8 Å². The van der Waals surface area contributed by atoms with E-state index in [0.717, 1.165) is 29.5 Å². The number of carbonyl (C=O) groups is 2. The summed E-state index contributed by atoms with van der Waals surface area (Å²) in [6.07, 6.45) is 2.13. The van der Waals surface area contributed by atoms with Crippen LogP contribution in [0.3, 0.4) is 0 Å². The Morgan fingerprint density at radius 1 is 1.08 bits per heavy atom. The molecule has 0 radical (unpaired) electrons. The van der Waals surface area contributed by atoms with E-state index >= 15 is 0 Å². The summed E-state index contributed by atoms with van der Waals surface area (Å²) < 4.78 is 0. The van der Waals surface area contributed by atoms with Gasteiger partial charge in [0.25, 0.3) is 11.8 Å². The third-order valence-electron chi connectivity index (χ3n) is 4.42. The van der Waals surface area contributed by atoms with Crippen LogP contribution in [0.15, 0.2) is 48.5 Å². The summed E-state index contributed by atoms with van der Waals surface area (Å²) in [4.78, 5) is 26.5. The first-order chi connectivity index (χ1) is 11.6. The third-order valence-corrected chi connectivity index (χ3v) is 4.42. The smallest absolute Gasteiger partial charge is 0.254 e. The van der Waals surface area contributed by atoms with Crippen LogP contribution < -0.4 is 5.32 Å². The minimum Gasteiger partial charge on any atom is -0.355 e. The number of amides is 2. The number of carbonyl (C=O) groups excluding carboxylic acids is 2. The number of hydrogen-bond donors (Lipinski definition) is 1. The lowest BCUT2D eigenvalue weighted by molar-refractivity contribution is 0.0728. The van der Waals surface area contributed by atoms with Crippen LogP contribution in [0.5, 0.6) is 0 Å². The molecule has 1 N–H and O–H groups in total. The lowest BCUT2D eigenvalue weighted by atomic mass is 10.1. The minimum atomic E-state index is -0.100. The monoisotopic (exact) mass is 322 g/mol. The fraction of sp³-hybridized carbons (Fsp3) is 0.300. The molecular formula is C20H22N2O2. The summed E-state index contributed by atoms with van der Waals surface area (Å²) >= 11 is 0. The van der Waals surface area contributed by atoms with E-state index in [-0.39, 0.29) is 11.8 Å². The number of aryl methyl sites for hydroxylation is 1. The van der Waals surface area contributed by atoms with Crippen LogP contribution >= 0.6 is 0 Å². The third kappa shape index (κ3) is 3.48. The van der Waals surface area contributed by atoms with Gasteiger partial charge >= 0.3 is 0 Å². The molecule has 2 aromatic rings. The zero-order valence-corrected chi connectivity index (χ0v) is 14.1. The Kier molecular flexibility index (Phi) is 4.65. The molecule has 4 nitrogen and oxygen atoms in total. The van der Waals surface area contributed by atoms with Gasteiger partial charge in [0.05, 0.1) is 0 Å². The maximum Gasteiger partial charge on any atom is 0.254 e. The van der Waals surface area contributed by atoms with Gasteiger partial charge in [-0.1, -0.05) is 30.3 Å². The van der Waals surface area contributed by atoms with Gasteiger partial charge in [0.1, 0.15) is 0 Å². The summed E-state index contributed by atoms with van der Waals surface area (Å²) in [5.41, 5.74) is 3.44. The molecule has 0 saturated heterocycles. The number of benzene rings is 2. The summed E-state index contributed by atoms with van der Waals surface area (Å²) in [5.74, 6) is -0.0115. The van der Waals surface area contributed by atoms with E-state index in [0.29, 0.717) is 18.2 Å². The molecule has 2 aromatic carbocycles. The van der Waals surface area contributed by atoms with Gasteiger partial charge in [-0.2, -0.15) is 0 Å².